The molecule has 4 aliphatic rings. The maximum absolute atomic E-state index is 11.7. The lowest BCUT2D eigenvalue weighted by Gasteiger charge is -2.49. The van der Waals surface area contributed by atoms with Gasteiger partial charge in [-0.2, -0.15) is 0 Å². The van der Waals surface area contributed by atoms with Crippen molar-refractivity contribution in [2.75, 3.05) is 0 Å². The summed E-state index contributed by atoms with van der Waals surface area (Å²) in [5.74, 6) is 6.04. The zero-order valence-electron chi connectivity index (χ0n) is 11.2. The van der Waals surface area contributed by atoms with Crippen molar-refractivity contribution in [3.05, 3.63) is 12.2 Å². The Kier molecular flexibility index (Phi) is 2.63. The molecule has 3 fully saturated rings. The Hall–Kier alpha value is -0.590. The summed E-state index contributed by atoms with van der Waals surface area (Å²) in [4.78, 5) is 11.7. The average molecular weight is 244 g/mol. The molecular weight excluding hydrogens is 220 g/mol. The Morgan fingerprint density at radius 2 is 1.89 bits per heavy atom. The van der Waals surface area contributed by atoms with E-state index < -0.39 is 0 Å². The molecule has 0 saturated heterocycles. The molecule has 6 unspecified atom stereocenters. The van der Waals surface area contributed by atoms with Gasteiger partial charge in [-0.25, -0.2) is 0 Å². The van der Waals surface area contributed by atoms with Gasteiger partial charge in [0.05, 0.1) is 0 Å². The minimum absolute atomic E-state index is 0.547. The van der Waals surface area contributed by atoms with E-state index >= 15 is 0 Å². The number of carbonyl (C=O) groups is 1. The topological polar surface area (TPSA) is 17.1 Å². The number of rotatable bonds is 0. The number of hydrogen-bond acceptors (Lipinski definition) is 1. The van der Waals surface area contributed by atoms with Crippen molar-refractivity contribution in [1.82, 2.24) is 0 Å². The second-order valence-electron chi connectivity index (χ2n) is 7.27. The van der Waals surface area contributed by atoms with Gasteiger partial charge in [-0.3, -0.25) is 4.79 Å². The third-order valence-electron chi connectivity index (χ3n) is 6.50. The molecule has 1 heteroatoms. The van der Waals surface area contributed by atoms with Crippen LogP contribution in [0.4, 0.5) is 0 Å². The monoisotopic (exact) mass is 244 g/mol. The van der Waals surface area contributed by atoms with E-state index in [1.54, 1.807) is 0 Å². The van der Waals surface area contributed by atoms with Crippen LogP contribution in [0.2, 0.25) is 0 Å². The van der Waals surface area contributed by atoms with Gasteiger partial charge in [-0.1, -0.05) is 12.2 Å². The molecule has 4 aliphatic carbocycles. The normalized spacial score (nSPS) is 50.6. The van der Waals surface area contributed by atoms with Crippen molar-refractivity contribution in [2.45, 2.75) is 51.4 Å². The van der Waals surface area contributed by atoms with Crippen molar-refractivity contribution in [1.29, 1.82) is 0 Å². The molecule has 0 bridgehead atoms. The summed E-state index contributed by atoms with van der Waals surface area (Å²) in [5, 5.41) is 0. The van der Waals surface area contributed by atoms with Crippen LogP contribution >= 0.6 is 0 Å². The minimum atomic E-state index is 0.547. The van der Waals surface area contributed by atoms with Gasteiger partial charge in [0.25, 0.3) is 0 Å². The van der Waals surface area contributed by atoms with Gasteiger partial charge < -0.3 is 0 Å². The lowest BCUT2D eigenvalue weighted by atomic mass is 9.55. The number of fused-ring (bicyclic) bond motifs is 4. The summed E-state index contributed by atoms with van der Waals surface area (Å²) in [5.41, 5.74) is 0. The Labute approximate surface area is 110 Å². The first-order chi connectivity index (χ1) is 8.81. The van der Waals surface area contributed by atoms with Crippen LogP contribution in [0.15, 0.2) is 12.2 Å². The van der Waals surface area contributed by atoms with Gasteiger partial charge in [-0.05, 0) is 74.0 Å². The molecule has 0 aromatic heterocycles. The molecule has 0 N–H and O–H groups in total. The van der Waals surface area contributed by atoms with Gasteiger partial charge in [0.2, 0.25) is 0 Å². The van der Waals surface area contributed by atoms with Crippen LogP contribution in [0.5, 0.6) is 0 Å². The molecule has 0 aliphatic heterocycles. The van der Waals surface area contributed by atoms with Crippen molar-refractivity contribution in [2.24, 2.45) is 35.5 Å². The van der Waals surface area contributed by atoms with Crippen LogP contribution in [0.25, 0.3) is 0 Å². The third-order valence-corrected chi connectivity index (χ3v) is 6.50. The minimum Gasteiger partial charge on any atom is -0.300 e. The molecule has 0 spiro atoms. The highest BCUT2D eigenvalue weighted by Gasteiger charge is 2.46. The standard InChI is InChI=1S/C17H24O/c18-15-7-6-12-10-17-13(8-14(12)9-15)5-4-11-2-1-3-16(11)17/h1-2,11-14,16-17H,3-10H2. The maximum Gasteiger partial charge on any atom is 0.133 e. The van der Waals surface area contributed by atoms with E-state index in [0.717, 1.165) is 48.3 Å². The third kappa shape index (κ3) is 1.70. The van der Waals surface area contributed by atoms with E-state index in [2.05, 4.69) is 12.2 Å². The number of Topliss-reactive ketones (excluding diaryl/α,β-unsaturated/α-hetero) is 1. The molecule has 1 nitrogen and oxygen atoms in total. The van der Waals surface area contributed by atoms with Gasteiger partial charge in [0.15, 0.2) is 0 Å². The summed E-state index contributed by atoms with van der Waals surface area (Å²) in [7, 11) is 0. The number of hydrogen-bond donors (Lipinski definition) is 0. The van der Waals surface area contributed by atoms with Crippen molar-refractivity contribution >= 4 is 5.78 Å². The second kappa shape index (κ2) is 4.21. The molecule has 0 radical (unpaired) electrons. The van der Waals surface area contributed by atoms with Crippen LogP contribution in [-0.2, 0) is 4.79 Å². The van der Waals surface area contributed by atoms with Crippen molar-refractivity contribution < 1.29 is 4.79 Å². The molecule has 6 atom stereocenters. The lowest BCUT2D eigenvalue weighted by Crippen LogP contribution is -2.42. The average Bonchev–Trinajstić information content (AvgIpc) is 2.85. The summed E-state index contributed by atoms with van der Waals surface area (Å²) in [6, 6.07) is 0. The molecule has 0 aromatic carbocycles. The molecule has 0 amide bonds. The molecular formula is C17H24O. The largest absolute Gasteiger partial charge is 0.300 e. The molecule has 98 valence electrons. The van der Waals surface area contributed by atoms with Crippen LogP contribution < -0.4 is 0 Å². The second-order valence-corrected chi connectivity index (χ2v) is 7.27. The highest BCUT2D eigenvalue weighted by Crippen LogP contribution is 2.55. The van der Waals surface area contributed by atoms with E-state index in [1.165, 1.54) is 38.5 Å². The van der Waals surface area contributed by atoms with E-state index in [0.29, 0.717) is 5.78 Å². The highest BCUT2D eigenvalue weighted by atomic mass is 16.1. The summed E-state index contributed by atoms with van der Waals surface area (Å²) in [6.07, 6.45) is 15.0. The Bertz CT molecular complexity index is 383. The fourth-order valence-electron chi connectivity index (χ4n) is 5.63. The van der Waals surface area contributed by atoms with Gasteiger partial charge in [0.1, 0.15) is 5.78 Å². The Balaban J connectivity index is 1.53. The number of allylic oxidation sites excluding steroid dienone is 2. The number of ketones is 1. The van der Waals surface area contributed by atoms with Crippen LogP contribution in [0.3, 0.4) is 0 Å². The van der Waals surface area contributed by atoms with Gasteiger partial charge in [0, 0.05) is 12.8 Å². The summed E-state index contributed by atoms with van der Waals surface area (Å²) in [6.45, 7) is 0. The van der Waals surface area contributed by atoms with E-state index in [9.17, 15) is 4.79 Å². The van der Waals surface area contributed by atoms with Crippen molar-refractivity contribution in [3.63, 3.8) is 0 Å². The summed E-state index contributed by atoms with van der Waals surface area (Å²) >= 11 is 0. The van der Waals surface area contributed by atoms with Crippen molar-refractivity contribution in [3.8, 4) is 0 Å². The van der Waals surface area contributed by atoms with Crippen LogP contribution in [0, 0.1) is 35.5 Å². The summed E-state index contributed by atoms with van der Waals surface area (Å²) < 4.78 is 0. The zero-order valence-corrected chi connectivity index (χ0v) is 11.2. The Morgan fingerprint density at radius 3 is 2.83 bits per heavy atom. The molecule has 3 saturated carbocycles. The predicted molar refractivity (Wildman–Crippen MR) is 72.0 cm³/mol. The lowest BCUT2D eigenvalue weighted by molar-refractivity contribution is -0.124. The maximum atomic E-state index is 11.7. The smallest absolute Gasteiger partial charge is 0.133 e. The zero-order chi connectivity index (χ0) is 12.1. The highest BCUT2D eigenvalue weighted by molar-refractivity contribution is 5.79. The van der Waals surface area contributed by atoms with Gasteiger partial charge in [-0.15, -0.1) is 0 Å². The fourth-order valence-corrected chi connectivity index (χ4v) is 5.63. The predicted octanol–water partition coefficient (Wildman–Crippen LogP) is 3.98. The molecule has 0 aromatic rings. The molecule has 18 heavy (non-hydrogen) atoms. The first kappa shape index (κ1) is 11.3. The Morgan fingerprint density at radius 1 is 0.944 bits per heavy atom. The van der Waals surface area contributed by atoms with Gasteiger partial charge >= 0.3 is 0 Å². The van der Waals surface area contributed by atoms with E-state index in [-0.39, 0.29) is 0 Å². The first-order valence-corrected chi connectivity index (χ1v) is 7.99. The SMILES string of the molecule is O=C1CCC2CC3C(CCC4C=CCC43)CC2C1. The first-order valence-electron chi connectivity index (χ1n) is 7.99. The van der Waals surface area contributed by atoms with E-state index in [1.807, 2.05) is 0 Å². The molecule has 0 heterocycles. The fraction of sp³-hybridized carbons (Fsp3) is 0.824. The quantitative estimate of drug-likeness (QED) is 0.589. The van der Waals surface area contributed by atoms with Crippen LogP contribution in [-0.4, -0.2) is 5.78 Å². The van der Waals surface area contributed by atoms with E-state index in [4.69, 9.17) is 0 Å². The number of carbonyl (C=O) groups excluding carboxylic acids is 1. The van der Waals surface area contributed by atoms with Crippen LogP contribution in [0.1, 0.15) is 51.4 Å². The molecule has 4 rings (SSSR count).